The molecule has 0 bridgehead atoms. The van der Waals surface area contributed by atoms with Crippen LogP contribution in [0.5, 0.6) is 5.75 Å². The molecule has 2 atom stereocenters. The van der Waals surface area contributed by atoms with Crippen molar-refractivity contribution in [3.63, 3.8) is 0 Å². The average molecular weight is 469 g/mol. The smallest absolute Gasteiger partial charge is 0.482 e. The summed E-state index contributed by atoms with van der Waals surface area (Å²) in [4.78, 5) is 7.94. The third-order valence-corrected chi connectivity index (χ3v) is 5.54. The predicted octanol–water partition coefficient (Wildman–Crippen LogP) is 2.62. The van der Waals surface area contributed by atoms with Crippen molar-refractivity contribution in [2.75, 3.05) is 19.7 Å². The van der Waals surface area contributed by atoms with E-state index in [0.29, 0.717) is 12.1 Å². The van der Waals surface area contributed by atoms with Crippen molar-refractivity contribution in [3.8, 4) is 16.9 Å². The number of nitrogens with one attached hydrogen (secondary N) is 1. The predicted molar refractivity (Wildman–Crippen MR) is 136 cm³/mol. The largest absolute Gasteiger partial charge is 0.488 e. The van der Waals surface area contributed by atoms with Crippen molar-refractivity contribution in [1.29, 1.82) is 0 Å². The van der Waals surface area contributed by atoms with E-state index in [1.165, 1.54) is 12.4 Å². The summed E-state index contributed by atoms with van der Waals surface area (Å²) in [7, 11) is -1.38. The molecular weight excluding hydrogens is 441 g/mol. The summed E-state index contributed by atoms with van der Waals surface area (Å²) in [6.45, 7) is 2.35. The maximum atomic E-state index is 8.55. The van der Waals surface area contributed by atoms with E-state index in [9.17, 15) is 0 Å². The summed E-state index contributed by atoms with van der Waals surface area (Å²) in [5.41, 5.74) is 3.65. The minimum Gasteiger partial charge on any atom is -0.482 e. The number of para-hydroxylation sites is 1. The highest BCUT2D eigenvalue weighted by atomic mass is 16.5. The molecule has 3 heterocycles. The Bertz CT molecular complexity index is 1140. The van der Waals surface area contributed by atoms with Crippen LogP contribution in [0.3, 0.4) is 0 Å². The first-order valence-corrected chi connectivity index (χ1v) is 11.5. The van der Waals surface area contributed by atoms with Crippen molar-refractivity contribution in [2.24, 2.45) is 0 Å². The van der Waals surface area contributed by atoms with Gasteiger partial charge in [0.25, 0.3) is 0 Å². The molecule has 0 spiro atoms. The van der Waals surface area contributed by atoms with Crippen molar-refractivity contribution in [3.05, 3.63) is 109 Å². The van der Waals surface area contributed by atoms with Crippen LogP contribution in [0.2, 0.25) is 0 Å². The standard InChI is InChI=1S/C22H22N2O2.C5H6BNO2/c1-2-7-17(8-3-1)22(21-16-24-13-14-25-21)26-20-11-5-4-10-19(20)18-9-6-12-23-15-18;8-6(9)5-1-3-7-4-2-5/h1-12,15,21-22,24H,13-14,16H2;1-4,8-9H/t21-,22-;/m0./s1. The van der Waals surface area contributed by atoms with Gasteiger partial charge in [-0.1, -0.05) is 54.6 Å². The lowest BCUT2D eigenvalue weighted by Crippen LogP contribution is -2.43. The highest BCUT2D eigenvalue weighted by Crippen LogP contribution is 2.34. The summed E-state index contributed by atoms with van der Waals surface area (Å²) in [6.07, 6.45) is 6.44. The number of morpholine rings is 1. The summed E-state index contributed by atoms with van der Waals surface area (Å²) in [5.74, 6) is 0.837. The molecule has 7 nitrogen and oxygen atoms in total. The Hall–Kier alpha value is -3.56. The summed E-state index contributed by atoms with van der Waals surface area (Å²) >= 11 is 0. The van der Waals surface area contributed by atoms with E-state index in [1.54, 1.807) is 18.3 Å². The number of rotatable bonds is 6. The molecular formula is C27H28BN3O4. The van der Waals surface area contributed by atoms with E-state index < -0.39 is 7.12 Å². The number of ether oxygens (including phenoxy) is 2. The first-order chi connectivity index (χ1) is 17.2. The molecule has 4 aromatic rings. The highest BCUT2D eigenvalue weighted by Gasteiger charge is 2.28. The Morgan fingerprint density at radius 1 is 0.886 bits per heavy atom. The Morgan fingerprint density at radius 3 is 2.31 bits per heavy atom. The van der Waals surface area contributed by atoms with E-state index in [4.69, 9.17) is 19.5 Å². The van der Waals surface area contributed by atoms with Gasteiger partial charge in [-0.2, -0.15) is 0 Å². The zero-order valence-corrected chi connectivity index (χ0v) is 19.3. The fourth-order valence-electron chi connectivity index (χ4n) is 3.78. The van der Waals surface area contributed by atoms with Gasteiger partial charge >= 0.3 is 7.12 Å². The molecule has 2 aromatic carbocycles. The molecule has 8 heteroatoms. The van der Waals surface area contributed by atoms with Gasteiger partial charge in [0.15, 0.2) is 6.10 Å². The second-order valence-corrected chi connectivity index (χ2v) is 7.95. The van der Waals surface area contributed by atoms with E-state index in [1.807, 2.05) is 54.7 Å². The number of hydrogen-bond acceptors (Lipinski definition) is 7. The lowest BCUT2D eigenvalue weighted by atomic mass is 9.81. The van der Waals surface area contributed by atoms with Gasteiger partial charge in [-0.25, -0.2) is 0 Å². The fourth-order valence-corrected chi connectivity index (χ4v) is 3.78. The number of nitrogens with zero attached hydrogens (tertiary/aromatic N) is 2. The monoisotopic (exact) mass is 469 g/mol. The number of pyridine rings is 2. The molecule has 0 radical (unpaired) electrons. The molecule has 0 aliphatic carbocycles. The minimum atomic E-state index is -1.38. The summed E-state index contributed by atoms with van der Waals surface area (Å²) in [5, 5.41) is 20.5. The van der Waals surface area contributed by atoms with Gasteiger partial charge in [-0.15, -0.1) is 0 Å². The zero-order chi connectivity index (χ0) is 24.3. The molecule has 1 saturated heterocycles. The summed E-state index contributed by atoms with van der Waals surface area (Å²) < 4.78 is 12.5. The van der Waals surface area contributed by atoms with Crippen LogP contribution in [-0.4, -0.2) is 52.9 Å². The number of aromatic nitrogens is 2. The Balaban J connectivity index is 0.000000271. The van der Waals surface area contributed by atoms with Crippen molar-refractivity contribution in [1.82, 2.24) is 15.3 Å². The third-order valence-electron chi connectivity index (χ3n) is 5.54. The van der Waals surface area contributed by atoms with Gasteiger partial charge in [0.1, 0.15) is 11.9 Å². The van der Waals surface area contributed by atoms with Gasteiger partial charge < -0.3 is 24.8 Å². The second kappa shape index (κ2) is 12.8. The molecule has 178 valence electrons. The van der Waals surface area contributed by atoms with Crippen LogP contribution in [0.25, 0.3) is 11.1 Å². The molecule has 1 aliphatic heterocycles. The van der Waals surface area contributed by atoms with Crippen LogP contribution < -0.4 is 15.5 Å². The van der Waals surface area contributed by atoms with Crippen LogP contribution in [0.4, 0.5) is 0 Å². The quantitative estimate of drug-likeness (QED) is 0.374. The van der Waals surface area contributed by atoms with Gasteiger partial charge in [0.05, 0.1) is 6.61 Å². The molecule has 0 saturated carbocycles. The first-order valence-electron chi connectivity index (χ1n) is 11.5. The Labute approximate surface area is 205 Å². The normalized spacial score (nSPS) is 15.9. The van der Waals surface area contributed by atoms with Crippen LogP contribution in [0.15, 0.2) is 104 Å². The third kappa shape index (κ3) is 6.97. The molecule has 35 heavy (non-hydrogen) atoms. The zero-order valence-electron chi connectivity index (χ0n) is 19.3. The number of hydrogen-bond donors (Lipinski definition) is 3. The van der Waals surface area contributed by atoms with Crippen LogP contribution in [0.1, 0.15) is 11.7 Å². The summed E-state index contributed by atoms with van der Waals surface area (Å²) in [6, 6.07) is 25.4. The van der Waals surface area contributed by atoms with E-state index >= 15 is 0 Å². The molecule has 3 N–H and O–H groups in total. The van der Waals surface area contributed by atoms with E-state index in [0.717, 1.165) is 35.5 Å². The lowest BCUT2D eigenvalue weighted by Gasteiger charge is -2.32. The van der Waals surface area contributed by atoms with Crippen LogP contribution >= 0.6 is 0 Å². The molecule has 0 unspecified atom stereocenters. The fraction of sp³-hybridized carbons (Fsp3) is 0.185. The first kappa shape index (κ1) is 24.6. The topological polar surface area (TPSA) is 96.7 Å². The van der Waals surface area contributed by atoms with Gasteiger partial charge in [0, 0.05) is 49.0 Å². The maximum absolute atomic E-state index is 8.55. The Kier molecular flexibility index (Phi) is 8.97. The van der Waals surface area contributed by atoms with Crippen molar-refractivity contribution < 1.29 is 19.5 Å². The SMILES string of the molecule is OB(O)c1ccncc1.c1ccc([C@H](Oc2ccccc2-c2cccnc2)[C@@H]2CNCCO2)cc1. The molecule has 2 aromatic heterocycles. The van der Waals surface area contributed by atoms with Crippen molar-refractivity contribution >= 4 is 12.6 Å². The van der Waals surface area contributed by atoms with Gasteiger partial charge in [-0.05, 0) is 35.3 Å². The van der Waals surface area contributed by atoms with Crippen LogP contribution in [0, 0.1) is 0 Å². The maximum Gasteiger partial charge on any atom is 0.488 e. The second-order valence-electron chi connectivity index (χ2n) is 7.95. The molecule has 1 aliphatic rings. The highest BCUT2D eigenvalue weighted by molar-refractivity contribution is 6.58. The number of benzene rings is 2. The van der Waals surface area contributed by atoms with Crippen molar-refractivity contribution in [2.45, 2.75) is 12.2 Å². The lowest BCUT2D eigenvalue weighted by molar-refractivity contribution is -0.0430. The van der Waals surface area contributed by atoms with Gasteiger partial charge in [0.2, 0.25) is 0 Å². The molecule has 0 amide bonds. The average Bonchev–Trinajstić information content (AvgIpc) is 2.94. The van der Waals surface area contributed by atoms with E-state index in [2.05, 4.69) is 33.5 Å². The van der Waals surface area contributed by atoms with Gasteiger partial charge in [-0.3, -0.25) is 9.97 Å². The van der Waals surface area contributed by atoms with Crippen LogP contribution in [-0.2, 0) is 4.74 Å². The molecule has 1 fully saturated rings. The Morgan fingerprint density at radius 2 is 1.66 bits per heavy atom. The molecule has 5 rings (SSSR count). The minimum absolute atomic E-state index is 0.0342. The van der Waals surface area contributed by atoms with E-state index in [-0.39, 0.29) is 12.2 Å².